The fourth-order valence-corrected chi connectivity index (χ4v) is 2.69. The average molecular weight is 343 g/mol. The third-order valence-electron chi connectivity index (χ3n) is 3.95. The molecule has 0 aromatic carbocycles. The summed E-state index contributed by atoms with van der Waals surface area (Å²) >= 11 is 0. The van der Waals surface area contributed by atoms with Gasteiger partial charge in [-0.2, -0.15) is 10.1 Å². The molecule has 1 N–H and O–H groups in total. The van der Waals surface area contributed by atoms with Crippen molar-refractivity contribution in [3.05, 3.63) is 29.7 Å². The van der Waals surface area contributed by atoms with Gasteiger partial charge in [-0.3, -0.25) is 0 Å². The first-order valence-corrected chi connectivity index (χ1v) is 7.66. The Morgan fingerprint density at radius 3 is 2.58 bits per heavy atom. The summed E-state index contributed by atoms with van der Waals surface area (Å²) in [5, 5.41) is 6.87. The molecule has 0 aliphatic heterocycles. The SMILES string of the molecule is Cc1cc(NC2CCC(F)(F)CC2)nc(-n2ccc(C(F)F)n2)n1. The Bertz CT molecular complexity index is 706. The molecule has 2 aromatic heterocycles. The highest BCUT2D eigenvalue weighted by atomic mass is 19.3. The Hall–Kier alpha value is -2.19. The largest absolute Gasteiger partial charge is 0.367 e. The molecule has 130 valence electrons. The van der Waals surface area contributed by atoms with Crippen LogP contribution in [0.4, 0.5) is 23.4 Å². The van der Waals surface area contributed by atoms with Crippen molar-refractivity contribution in [2.75, 3.05) is 5.32 Å². The summed E-state index contributed by atoms with van der Waals surface area (Å²) < 4.78 is 52.9. The molecule has 1 aliphatic rings. The molecule has 0 atom stereocenters. The molecule has 0 amide bonds. The molecule has 2 heterocycles. The van der Waals surface area contributed by atoms with Crippen LogP contribution in [0.15, 0.2) is 18.3 Å². The van der Waals surface area contributed by atoms with Gasteiger partial charge < -0.3 is 5.32 Å². The lowest BCUT2D eigenvalue weighted by atomic mass is 9.92. The molecule has 0 saturated heterocycles. The molecule has 0 radical (unpaired) electrons. The van der Waals surface area contributed by atoms with Crippen molar-refractivity contribution >= 4 is 5.82 Å². The molecule has 2 aromatic rings. The molecule has 24 heavy (non-hydrogen) atoms. The zero-order valence-electron chi connectivity index (χ0n) is 13.0. The number of hydrogen-bond donors (Lipinski definition) is 1. The molecule has 0 unspecified atom stereocenters. The number of aryl methyl sites for hydroxylation is 1. The number of alkyl halides is 4. The van der Waals surface area contributed by atoms with Crippen molar-refractivity contribution in [1.29, 1.82) is 0 Å². The minimum atomic E-state index is -2.67. The summed E-state index contributed by atoms with van der Waals surface area (Å²) in [6, 6.07) is 2.79. The lowest BCUT2D eigenvalue weighted by molar-refractivity contribution is -0.0361. The molecule has 0 bridgehead atoms. The van der Waals surface area contributed by atoms with Crippen molar-refractivity contribution in [3.63, 3.8) is 0 Å². The minimum absolute atomic E-state index is 0.0963. The summed E-state index contributed by atoms with van der Waals surface area (Å²) in [4.78, 5) is 8.43. The van der Waals surface area contributed by atoms with Gasteiger partial charge in [0.05, 0.1) is 0 Å². The molecule has 3 rings (SSSR count). The van der Waals surface area contributed by atoms with Gasteiger partial charge in [0.25, 0.3) is 12.4 Å². The lowest BCUT2D eigenvalue weighted by Crippen LogP contribution is -2.32. The van der Waals surface area contributed by atoms with Gasteiger partial charge in [-0.15, -0.1) is 0 Å². The highest BCUT2D eigenvalue weighted by molar-refractivity contribution is 5.39. The van der Waals surface area contributed by atoms with Gasteiger partial charge in [-0.25, -0.2) is 27.2 Å². The van der Waals surface area contributed by atoms with Crippen LogP contribution in [0, 0.1) is 6.92 Å². The van der Waals surface area contributed by atoms with E-state index in [9.17, 15) is 17.6 Å². The van der Waals surface area contributed by atoms with Gasteiger partial charge in [0.1, 0.15) is 11.5 Å². The molecule has 9 heteroatoms. The summed E-state index contributed by atoms with van der Waals surface area (Å²) in [7, 11) is 0. The summed E-state index contributed by atoms with van der Waals surface area (Å²) in [5.41, 5.74) is 0.266. The molecule has 1 aliphatic carbocycles. The number of nitrogens with one attached hydrogen (secondary N) is 1. The van der Waals surface area contributed by atoms with Gasteiger partial charge in [-0.05, 0) is 25.8 Å². The van der Waals surface area contributed by atoms with E-state index in [2.05, 4.69) is 20.4 Å². The first kappa shape index (κ1) is 16.7. The maximum Gasteiger partial charge on any atom is 0.282 e. The summed E-state index contributed by atoms with van der Waals surface area (Å²) in [6.45, 7) is 1.74. The van der Waals surface area contributed by atoms with Crippen molar-refractivity contribution < 1.29 is 17.6 Å². The fourth-order valence-electron chi connectivity index (χ4n) is 2.69. The second-order valence-corrected chi connectivity index (χ2v) is 5.95. The minimum Gasteiger partial charge on any atom is -0.367 e. The first-order chi connectivity index (χ1) is 11.3. The van der Waals surface area contributed by atoms with Gasteiger partial charge in [-0.1, -0.05) is 0 Å². The number of halogens is 4. The number of nitrogens with zero attached hydrogens (tertiary/aromatic N) is 4. The van der Waals surface area contributed by atoms with E-state index in [0.717, 1.165) is 0 Å². The fraction of sp³-hybridized carbons (Fsp3) is 0.533. The molecular formula is C15H17F4N5. The highest BCUT2D eigenvalue weighted by Gasteiger charge is 2.34. The normalized spacial score (nSPS) is 18.1. The van der Waals surface area contributed by atoms with Crippen LogP contribution < -0.4 is 5.32 Å². The van der Waals surface area contributed by atoms with E-state index in [-0.39, 0.29) is 30.5 Å². The van der Waals surface area contributed by atoms with Crippen LogP contribution in [-0.2, 0) is 0 Å². The average Bonchev–Trinajstić information content (AvgIpc) is 2.99. The zero-order valence-corrected chi connectivity index (χ0v) is 13.0. The van der Waals surface area contributed by atoms with Crippen LogP contribution in [0.5, 0.6) is 0 Å². The van der Waals surface area contributed by atoms with Gasteiger partial charge >= 0.3 is 0 Å². The Kier molecular flexibility index (Phi) is 4.42. The third kappa shape index (κ3) is 3.82. The summed E-state index contributed by atoms with van der Waals surface area (Å²) in [6.07, 6.45) is -0.915. The molecule has 1 saturated carbocycles. The topological polar surface area (TPSA) is 55.6 Å². The van der Waals surface area contributed by atoms with Gasteiger partial charge in [0, 0.05) is 36.8 Å². The number of aromatic nitrogens is 4. The second-order valence-electron chi connectivity index (χ2n) is 5.95. The van der Waals surface area contributed by atoms with Crippen molar-refractivity contribution in [2.45, 2.75) is 51.0 Å². The third-order valence-corrected chi connectivity index (χ3v) is 3.95. The van der Waals surface area contributed by atoms with Crippen LogP contribution >= 0.6 is 0 Å². The van der Waals surface area contributed by atoms with E-state index >= 15 is 0 Å². The Morgan fingerprint density at radius 1 is 1.25 bits per heavy atom. The van der Waals surface area contributed by atoms with E-state index in [1.54, 1.807) is 13.0 Å². The van der Waals surface area contributed by atoms with Crippen LogP contribution in [0.3, 0.4) is 0 Å². The Balaban J connectivity index is 1.76. The van der Waals surface area contributed by atoms with E-state index in [1.165, 1.54) is 16.9 Å². The predicted octanol–water partition coefficient (Wildman–Crippen LogP) is 3.90. The van der Waals surface area contributed by atoms with Crippen molar-refractivity contribution in [2.24, 2.45) is 0 Å². The van der Waals surface area contributed by atoms with E-state index in [1.807, 2.05) is 0 Å². The Morgan fingerprint density at radius 2 is 1.96 bits per heavy atom. The number of anilines is 1. The Labute approximate surface area is 136 Å². The quantitative estimate of drug-likeness (QED) is 0.856. The number of hydrogen-bond acceptors (Lipinski definition) is 4. The maximum atomic E-state index is 13.2. The van der Waals surface area contributed by atoms with E-state index in [0.29, 0.717) is 24.4 Å². The van der Waals surface area contributed by atoms with Gasteiger partial charge in [0.15, 0.2) is 0 Å². The second kappa shape index (κ2) is 6.37. The van der Waals surface area contributed by atoms with Crippen molar-refractivity contribution in [3.8, 4) is 5.95 Å². The predicted molar refractivity (Wildman–Crippen MR) is 79.7 cm³/mol. The molecule has 1 fully saturated rings. The van der Waals surface area contributed by atoms with Crippen LogP contribution in [0.25, 0.3) is 5.95 Å². The van der Waals surface area contributed by atoms with Crippen LogP contribution in [0.2, 0.25) is 0 Å². The van der Waals surface area contributed by atoms with Crippen LogP contribution in [0.1, 0.15) is 43.5 Å². The molecular weight excluding hydrogens is 326 g/mol. The first-order valence-electron chi connectivity index (χ1n) is 7.66. The summed E-state index contributed by atoms with van der Waals surface area (Å²) in [5.74, 6) is -1.96. The van der Waals surface area contributed by atoms with E-state index in [4.69, 9.17) is 0 Å². The van der Waals surface area contributed by atoms with Crippen LogP contribution in [-0.4, -0.2) is 31.7 Å². The lowest BCUT2D eigenvalue weighted by Gasteiger charge is -2.29. The highest BCUT2D eigenvalue weighted by Crippen LogP contribution is 2.34. The zero-order chi connectivity index (χ0) is 17.3. The van der Waals surface area contributed by atoms with E-state index < -0.39 is 12.3 Å². The number of rotatable bonds is 4. The monoisotopic (exact) mass is 343 g/mol. The molecule has 0 spiro atoms. The van der Waals surface area contributed by atoms with Gasteiger partial charge in [0.2, 0.25) is 5.92 Å². The molecule has 5 nitrogen and oxygen atoms in total. The maximum absolute atomic E-state index is 13.2. The standard InChI is InChI=1S/C15H17F4N5/c1-9-8-12(21-10-2-5-15(18,19)6-3-10)22-14(20-9)24-7-4-11(23-24)13(16)17/h4,7-8,10,13H,2-3,5-6H2,1H3,(H,20,21,22). The van der Waals surface area contributed by atoms with Crippen molar-refractivity contribution in [1.82, 2.24) is 19.7 Å². The smallest absolute Gasteiger partial charge is 0.282 e.